The van der Waals surface area contributed by atoms with E-state index >= 15 is 0 Å². The lowest BCUT2D eigenvalue weighted by Crippen LogP contribution is -2.64. The van der Waals surface area contributed by atoms with Crippen LogP contribution in [-0.2, 0) is 16.6 Å². The molecule has 0 aromatic carbocycles. The molecule has 1 saturated carbocycles. The van der Waals surface area contributed by atoms with Gasteiger partial charge in [-0.1, -0.05) is 0 Å². The number of sulfonamides is 1. The molecule has 0 radical (unpaired) electrons. The summed E-state index contributed by atoms with van der Waals surface area (Å²) < 4.78 is 27.5. The Morgan fingerprint density at radius 1 is 1.50 bits per heavy atom. The molecule has 1 N–H and O–H groups in total. The first-order valence-corrected chi connectivity index (χ1v) is 7.64. The third kappa shape index (κ3) is 1.77. The molecule has 1 aliphatic carbocycles. The van der Waals surface area contributed by atoms with Gasteiger partial charge in [0, 0.05) is 25.8 Å². The van der Waals surface area contributed by atoms with E-state index in [0.29, 0.717) is 6.54 Å². The number of β-amino-alcohol motifs (C(OH)–C–C–N with tert-alkyl or cyclic N) is 1. The van der Waals surface area contributed by atoms with Crippen LogP contribution in [0, 0.1) is 5.92 Å². The first-order chi connectivity index (χ1) is 8.45. The van der Waals surface area contributed by atoms with E-state index < -0.39 is 15.6 Å². The Hall–Kier alpha value is -0.920. The summed E-state index contributed by atoms with van der Waals surface area (Å²) in [7, 11) is -3.53. The van der Waals surface area contributed by atoms with Gasteiger partial charge in [0.1, 0.15) is 0 Å². The molecule has 2 aliphatic rings. The Bertz CT molecular complexity index is 556. The molecule has 1 aliphatic heterocycles. The normalized spacial score (nSPS) is 23.9. The van der Waals surface area contributed by atoms with Crippen molar-refractivity contribution in [2.24, 2.45) is 5.92 Å². The van der Waals surface area contributed by atoms with Crippen molar-refractivity contribution in [1.82, 2.24) is 13.9 Å². The Kier molecular flexibility index (Phi) is 2.55. The minimum Gasteiger partial charge on any atom is -0.387 e. The topological polar surface area (TPSA) is 75.4 Å². The summed E-state index contributed by atoms with van der Waals surface area (Å²) >= 11 is 0. The zero-order valence-electron chi connectivity index (χ0n) is 10.3. The minimum atomic E-state index is -3.53. The van der Waals surface area contributed by atoms with Crippen LogP contribution in [0.15, 0.2) is 17.6 Å². The molecule has 2 fully saturated rings. The maximum atomic E-state index is 12.2. The van der Waals surface area contributed by atoms with Gasteiger partial charge in [-0.2, -0.15) is 4.31 Å². The molecule has 2 heterocycles. The van der Waals surface area contributed by atoms with Gasteiger partial charge in [-0.3, -0.25) is 0 Å². The van der Waals surface area contributed by atoms with Gasteiger partial charge in [0.15, 0.2) is 5.03 Å². The van der Waals surface area contributed by atoms with E-state index in [1.165, 1.54) is 16.8 Å². The van der Waals surface area contributed by atoms with Crippen LogP contribution in [0.25, 0.3) is 0 Å². The second-order valence-electron chi connectivity index (χ2n) is 5.19. The lowest BCUT2D eigenvalue weighted by Gasteiger charge is -2.45. The van der Waals surface area contributed by atoms with Gasteiger partial charge in [0.2, 0.25) is 0 Å². The van der Waals surface area contributed by atoms with Crippen LogP contribution in [0.3, 0.4) is 0 Å². The molecule has 7 heteroatoms. The molecule has 0 spiro atoms. The van der Waals surface area contributed by atoms with E-state index in [1.807, 2.05) is 6.92 Å². The van der Waals surface area contributed by atoms with Crippen molar-refractivity contribution in [2.75, 3.05) is 13.1 Å². The third-order valence-electron chi connectivity index (χ3n) is 3.82. The number of imidazole rings is 1. The van der Waals surface area contributed by atoms with Crippen LogP contribution in [0.4, 0.5) is 0 Å². The van der Waals surface area contributed by atoms with Gasteiger partial charge in [0.25, 0.3) is 10.0 Å². The Labute approximate surface area is 106 Å². The maximum absolute atomic E-state index is 12.2. The van der Waals surface area contributed by atoms with Gasteiger partial charge >= 0.3 is 0 Å². The van der Waals surface area contributed by atoms with Crippen molar-refractivity contribution in [1.29, 1.82) is 0 Å². The summed E-state index contributed by atoms with van der Waals surface area (Å²) in [5.74, 6) is 0.289. The number of hydrogen-bond acceptors (Lipinski definition) is 4. The summed E-state index contributed by atoms with van der Waals surface area (Å²) in [5.41, 5.74) is -0.791. The zero-order chi connectivity index (χ0) is 13.0. The third-order valence-corrected chi connectivity index (χ3v) is 5.49. The molecule has 0 atom stereocenters. The van der Waals surface area contributed by atoms with E-state index in [2.05, 4.69) is 4.98 Å². The Morgan fingerprint density at radius 2 is 2.17 bits per heavy atom. The zero-order valence-corrected chi connectivity index (χ0v) is 11.1. The lowest BCUT2D eigenvalue weighted by molar-refractivity contribution is -0.0765. The summed E-state index contributed by atoms with van der Waals surface area (Å²) in [6.45, 7) is 3.03. The Morgan fingerprint density at radius 3 is 2.67 bits per heavy atom. The molecular weight excluding hydrogens is 254 g/mol. The van der Waals surface area contributed by atoms with Gasteiger partial charge in [0.05, 0.1) is 11.9 Å². The van der Waals surface area contributed by atoms with Gasteiger partial charge < -0.3 is 9.67 Å². The molecule has 1 saturated heterocycles. The van der Waals surface area contributed by atoms with Crippen LogP contribution in [0.1, 0.15) is 19.8 Å². The van der Waals surface area contributed by atoms with Crippen LogP contribution in [0.5, 0.6) is 0 Å². The Balaban J connectivity index is 1.76. The molecule has 6 nitrogen and oxygen atoms in total. The first kappa shape index (κ1) is 12.1. The van der Waals surface area contributed by atoms with E-state index in [9.17, 15) is 13.5 Å². The van der Waals surface area contributed by atoms with Crippen molar-refractivity contribution < 1.29 is 13.5 Å². The summed E-state index contributed by atoms with van der Waals surface area (Å²) in [6, 6.07) is 0. The van der Waals surface area contributed by atoms with Gasteiger partial charge in [-0.05, 0) is 25.7 Å². The van der Waals surface area contributed by atoms with E-state index in [-0.39, 0.29) is 24.0 Å². The van der Waals surface area contributed by atoms with E-state index in [0.717, 1.165) is 12.8 Å². The predicted octanol–water partition coefficient (Wildman–Crippen LogP) is 0.0484. The van der Waals surface area contributed by atoms with E-state index in [1.54, 1.807) is 4.57 Å². The quantitative estimate of drug-likeness (QED) is 0.839. The number of hydrogen-bond donors (Lipinski definition) is 1. The SMILES string of the molecule is CCn1cnc(S(=O)(=O)N2CC(O)(C3CC3)C2)c1. The lowest BCUT2D eigenvalue weighted by atomic mass is 9.91. The summed E-state index contributed by atoms with van der Waals surface area (Å²) in [5, 5.41) is 10.2. The van der Waals surface area contributed by atoms with Crippen molar-refractivity contribution in [3.05, 3.63) is 12.5 Å². The monoisotopic (exact) mass is 271 g/mol. The highest BCUT2D eigenvalue weighted by atomic mass is 32.2. The molecule has 0 bridgehead atoms. The average Bonchev–Trinajstić information content (AvgIpc) is 3.02. The fourth-order valence-electron chi connectivity index (χ4n) is 2.39. The number of aryl methyl sites for hydroxylation is 1. The van der Waals surface area contributed by atoms with Crippen molar-refractivity contribution in [3.63, 3.8) is 0 Å². The van der Waals surface area contributed by atoms with Crippen LogP contribution >= 0.6 is 0 Å². The first-order valence-electron chi connectivity index (χ1n) is 6.20. The average molecular weight is 271 g/mol. The van der Waals surface area contributed by atoms with Crippen molar-refractivity contribution in [2.45, 2.75) is 36.9 Å². The largest absolute Gasteiger partial charge is 0.387 e. The molecule has 1 aromatic rings. The molecule has 0 amide bonds. The molecular formula is C11H17N3O3S. The highest BCUT2D eigenvalue weighted by Gasteiger charge is 2.55. The standard InChI is InChI=1S/C11H17N3O3S/c1-2-13-5-10(12-8-13)18(16,17)14-6-11(15,7-14)9-3-4-9/h5,8-9,15H,2-4,6-7H2,1H3. The van der Waals surface area contributed by atoms with Crippen molar-refractivity contribution >= 4 is 10.0 Å². The summed E-state index contributed by atoms with van der Waals surface area (Å²) in [4.78, 5) is 3.92. The minimum absolute atomic E-state index is 0.0715. The van der Waals surface area contributed by atoms with Crippen LogP contribution in [-0.4, -0.2) is 46.1 Å². The second-order valence-corrected chi connectivity index (χ2v) is 7.08. The number of nitrogens with zero attached hydrogens (tertiary/aromatic N) is 3. The fourth-order valence-corrected chi connectivity index (χ4v) is 3.89. The summed E-state index contributed by atoms with van der Waals surface area (Å²) in [6.07, 6.45) is 5.06. The fraction of sp³-hybridized carbons (Fsp3) is 0.727. The van der Waals surface area contributed by atoms with E-state index in [4.69, 9.17) is 0 Å². The number of aliphatic hydroxyl groups is 1. The molecule has 1 aromatic heterocycles. The van der Waals surface area contributed by atoms with Gasteiger partial charge in [-0.15, -0.1) is 0 Å². The predicted molar refractivity (Wildman–Crippen MR) is 64.3 cm³/mol. The van der Waals surface area contributed by atoms with Gasteiger partial charge in [-0.25, -0.2) is 13.4 Å². The number of aromatic nitrogens is 2. The van der Waals surface area contributed by atoms with Crippen molar-refractivity contribution in [3.8, 4) is 0 Å². The molecule has 3 rings (SSSR count). The number of rotatable bonds is 4. The molecule has 0 unspecified atom stereocenters. The second kappa shape index (κ2) is 3.79. The van der Waals surface area contributed by atoms with Crippen LogP contribution < -0.4 is 0 Å². The highest BCUT2D eigenvalue weighted by molar-refractivity contribution is 7.89. The molecule has 100 valence electrons. The maximum Gasteiger partial charge on any atom is 0.262 e. The molecule has 18 heavy (non-hydrogen) atoms. The van der Waals surface area contributed by atoms with Crippen LogP contribution in [0.2, 0.25) is 0 Å². The highest BCUT2D eigenvalue weighted by Crippen LogP contribution is 2.45. The smallest absolute Gasteiger partial charge is 0.262 e.